The van der Waals surface area contributed by atoms with Crippen LogP contribution < -0.4 is 10.2 Å². The SMILES string of the molecule is CCOC(=O)c1c(NC(=O)COC(=O)c2ccc(N3C(=O)c4ccccc4C3=O)cc2)sc2c1CCCC2. The van der Waals surface area contributed by atoms with Gasteiger partial charge < -0.3 is 14.8 Å². The molecule has 10 heteroatoms. The summed E-state index contributed by atoms with van der Waals surface area (Å²) in [5, 5.41) is 3.10. The van der Waals surface area contributed by atoms with E-state index in [1.807, 2.05) is 0 Å². The molecule has 2 aromatic carbocycles. The summed E-state index contributed by atoms with van der Waals surface area (Å²) < 4.78 is 10.4. The highest BCUT2D eigenvalue weighted by Gasteiger charge is 2.36. The average Bonchev–Trinajstić information content (AvgIpc) is 3.41. The maximum Gasteiger partial charge on any atom is 0.341 e. The monoisotopic (exact) mass is 532 g/mol. The summed E-state index contributed by atoms with van der Waals surface area (Å²) in [5.41, 5.74) is 2.42. The molecule has 9 nitrogen and oxygen atoms in total. The number of hydrogen-bond acceptors (Lipinski definition) is 8. The minimum atomic E-state index is -0.745. The number of nitrogens with zero attached hydrogens (tertiary/aromatic N) is 1. The number of esters is 2. The summed E-state index contributed by atoms with van der Waals surface area (Å²) in [5.74, 6) is -2.67. The molecule has 0 fully saturated rings. The normalized spacial score (nSPS) is 14.1. The van der Waals surface area contributed by atoms with Crippen LogP contribution in [0.2, 0.25) is 0 Å². The van der Waals surface area contributed by atoms with Crippen LogP contribution in [0.3, 0.4) is 0 Å². The Bertz CT molecular complexity index is 1420. The van der Waals surface area contributed by atoms with E-state index in [0.717, 1.165) is 41.0 Å². The number of thiophene rings is 1. The fourth-order valence-corrected chi connectivity index (χ4v) is 5.91. The molecule has 194 valence electrons. The summed E-state index contributed by atoms with van der Waals surface area (Å²) in [6, 6.07) is 12.3. The van der Waals surface area contributed by atoms with Crippen LogP contribution in [0, 0.1) is 0 Å². The first-order valence-electron chi connectivity index (χ1n) is 12.3. The Labute approximate surface area is 222 Å². The molecule has 38 heavy (non-hydrogen) atoms. The van der Waals surface area contributed by atoms with Crippen molar-refractivity contribution in [1.29, 1.82) is 0 Å². The van der Waals surface area contributed by atoms with Crippen LogP contribution >= 0.6 is 11.3 Å². The van der Waals surface area contributed by atoms with Gasteiger partial charge in [-0.3, -0.25) is 14.4 Å². The van der Waals surface area contributed by atoms with Gasteiger partial charge in [-0.25, -0.2) is 14.5 Å². The number of fused-ring (bicyclic) bond motifs is 2. The van der Waals surface area contributed by atoms with E-state index in [4.69, 9.17) is 9.47 Å². The molecule has 0 radical (unpaired) electrons. The molecule has 0 atom stereocenters. The summed E-state index contributed by atoms with van der Waals surface area (Å²) in [7, 11) is 0. The molecule has 2 heterocycles. The van der Waals surface area contributed by atoms with Gasteiger partial charge in [-0.2, -0.15) is 0 Å². The standard InChI is InChI=1S/C28H24N2O7S/c1-2-36-28(35)23-20-9-5-6-10-21(20)38-24(23)29-22(31)15-37-27(34)16-11-13-17(14-12-16)30-25(32)18-7-3-4-8-19(18)26(30)33/h3-4,7-8,11-14H,2,5-6,9-10,15H2,1H3,(H,29,31). The van der Waals surface area contributed by atoms with Gasteiger partial charge in [0.05, 0.1) is 34.5 Å². The molecule has 1 aromatic heterocycles. The predicted octanol–water partition coefficient (Wildman–Crippen LogP) is 4.40. The number of nitrogens with one attached hydrogen (secondary N) is 1. The van der Waals surface area contributed by atoms with Gasteiger partial charge in [0.25, 0.3) is 17.7 Å². The Hall–Kier alpha value is -4.31. The molecule has 3 amide bonds. The fourth-order valence-electron chi connectivity index (χ4n) is 4.62. The number of benzene rings is 2. The van der Waals surface area contributed by atoms with E-state index in [-0.39, 0.29) is 12.2 Å². The summed E-state index contributed by atoms with van der Waals surface area (Å²) in [6.45, 7) is 1.39. The number of carbonyl (C=O) groups is 5. The van der Waals surface area contributed by atoms with E-state index in [2.05, 4.69) is 5.32 Å². The highest BCUT2D eigenvalue weighted by Crippen LogP contribution is 2.38. The number of ether oxygens (including phenoxy) is 2. The van der Waals surface area contributed by atoms with Crippen molar-refractivity contribution in [2.45, 2.75) is 32.6 Å². The zero-order valence-corrected chi connectivity index (χ0v) is 21.4. The van der Waals surface area contributed by atoms with Crippen LogP contribution in [0.25, 0.3) is 0 Å². The van der Waals surface area contributed by atoms with Crippen molar-refractivity contribution >= 4 is 51.7 Å². The third-order valence-corrected chi connectivity index (χ3v) is 7.60. The molecule has 0 spiro atoms. The average molecular weight is 533 g/mol. The van der Waals surface area contributed by atoms with E-state index in [0.29, 0.717) is 27.4 Å². The summed E-state index contributed by atoms with van der Waals surface area (Å²) >= 11 is 1.35. The number of anilines is 2. The molecule has 0 bridgehead atoms. The molecule has 0 saturated heterocycles. The molecular weight excluding hydrogens is 508 g/mol. The van der Waals surface area contributed by atoms with Gasteiger partial charge in [0.1, 0.15) is 5.00 Å². The number of aryl methyl sites for hydroxylation is 1. The molecule has 1 aliphatic heterocycles. The highest BCUT2D eigenvalue weighted by molar-refractivity contribution is 7.17. The quantitative estimate of drug-likeness (QED) is 0.354. The van der Waals surface area contributed by atoms with Crippen molar-refractivity contribution in [3.63, 3.8) is 0 Å². The van der Waals surface area contributed by atoms with Gasteiger partial charge in [-0.15, -0.1) is 11.3 Å². The van der Waals surface area contributed by atoms with Gasteiger partial charge >= 0.3 is 11.9 Å². The van der Waals surface area contributed by atoms with Gasteiger partial charge in [0, 0.05) is 4.88 Å². The third-order valence-electron chi connectivity index (χ3n) is 6.39. The van der Waals surface area contributed by atoms with Crippen LogP contribution in [-0.4, -0.2) is 42.9 Å². The molecule has 2 aliphatic rings. The van der Waals surface area contributed by atoms with Crippen molar-refractivity contribution in [3.8, 4) is 0 Å². The third kappa shape index (κ3) is 4.70. The molecule has 1 N–H and O–H groups in total. The first kappa shape index (κ1) is 25.3. The minimum absolute atomic E-state index is 0.150. The van der Waals surface area contributed by atoms with Crippen LogP contribution in [0.1, 0.15) is 71.6 Å². The second-order valence-corrected chi connectivity index (χ2v) is 9.90. The number of carbonyl (C=O) groups excluding carboxylic acids is 5. The Morgan fingerprint density at radius 3 is 2.21 bits per heavy atom. The van der Waals surface area contributed by atoms with Crippen molar-refractivity contribution in [2.24, 2.45) is 0 Å². The lowest BCUT2D eigenvalue weighted by Crippen LogP contribution is -2.29. The Balaban J connectivity index is 1.22. The van der Waals surface area contributed by atoms with Crippen molar-refractivity contribution in [1.82, 2.24) is 0 Å². The van der Waals surface area contributed by atoms with E-state index in [9.17, 15) is 24.0 Å². The lowest BCUT2D eigenvalue weighted by molar-refractivity contribution is -0.119. The number of hydrogen-bond donors (Lipinski definition) is 1. The zero-order chi connectivity index (χ0) is 26.8. The highest BCUT2D eigenvalue weighted by atomic mass is 32.1. The fraction of sp³-hybridized carbons (Fsp3) is 0.250. The minimum Gasteiger partial charge on any atom is -0.462 e. The van der Waals surface area contributed by atoms with E-state index >= 15 is 0 Å². The van der Waals surface area contributed by atoms with Crippen LogP contribution in [0.5, 0.6) is 0 Å². The van der Waals surface area contributed by atoms with Crippen LogP contribution in [0.4, 0.5) is 10.7 Å². The maximum absolute atomic E-state index is 12.7. The van der Waals surface area contributed by atoms with Crippen LogP contribution in [-0.2, 0) is 27.1 Å². The molecule has 1 aliphatic carbocycles. The van der Waals surface area contributed by atoms with Gasteiger partial charge in [-0.05, 0) is 74.6 Å². The van der Waals surface area contributed by atoms with Gasteiger partial charge in [0.15, 0.2) is 6.61 Å². The molecule has 3 aromatic rings. The van der Waals surface area contributed by atoms with E-state index in [1.165, 1.54) is 35.6 Å². The Kier molecular flexibility index (Phi) is 7.06. The smallest absolute Gasteiger partial charge is 0.341 e. The Morgan fingerprint density at radius 2 is 1.55 bits per heavy atom. The number of imide groups is 1. The Morgan fingerprint density at radius 1 is 0.895 bits per heavy atom. The first-order valence-corrected chi connectivity index (χ1v) is 13.1. The molecule has 0 unspecified atom stereocenters. The van der Waals surface area contributed by atoms with Gasteiger partial charge in [-0.1, -0.05) is 12.1 Å². The molecule has 0 saturated carbocycles. The van der Waals surface area contributed by atoms with Gasteiger partial charge in [0.2, 0.25) is 0 Å². The lowest BCUT2D eigenvalue weighted by atomic mass is 9.95. The lowest BCUT2D eigenvalue weighted by Gasteiger charge is -2.14. The van der Waals surface area contributed by atoms with Crippen LogP contribution in [0.15, 0.2) is 48.5 Å². The topological polar surface area (TPSA) is 119 Å². The second-order valence-electron chi connectivity index (χ2n) is 8.80. The number of amides is 3. The van der Waals surface area contributed by atoms with E-state index in [1.54, 1.807) is 31.2 Å². The largest absolute Gasteiger partial charge is 0.462 e. The summed E-state index contributed by atoms with van der Waals surface area (Å²) in [4.78, 5) is 65.1. The van der Waals surface area contributed by atoms with Crippen molar-refractivity contribution in [3.05, 3.63) is 81.2 Å². The summed E-state index contributed by atoms with van der Waals surface area (Å²) in [6.07, 6.45) is 3.58. The van der Waals surface area contributed by atoms with E-state index < -0.39 is 36.3 Å². The first-order chi connectivity index (χ1) is 18.4. The molecular formula is C28H24N2O7S. The zero-order valence-electron chi connectivity index (χ0n) is 20.6. The maximum atomic E-state index is 12.7. The van der Waals surface area contributed by atoms with Crippen molar-refractivity contribution < 1.29 is 33.4 Å². The second kappa shape index (κ2) is 10.6. The number of rotatable bonds is 7. The molecule has 5 rings (SSSR count). The van der Waals surface area contributed by atoms with Crippen molar-refractivity contribution in [2.75, 3.05) is 23.4 Å². The predicted molar refractivity (Wildman–Crippen MR) is 140 cm³/mol.